The Labute approximate surface area is 157 Å². The normalized spacial score (nSPS) is 10.3. The number of nitrogens with zero attached hydrogens (tertiary/aromatic N) is 2. The van der Waals surface area contributed by atoms with E-state index in [1.54, 1.807) is 30.5 Å². The molecule has 6 heteroatoms. The van der Waals surface area contributed by atoms with E-state index in [0.717, 1.165) is 16.9 Å². The third-order valence-corrected chi connectivity index (χ3v) is 4.07. The van der Waals surface area contributed by atoms with E-state index in [0.29, 0.717) is 22.9 Å². The Hall–Kier alpha value is -3.54. The molecule has 0 aliphatic heterocycles. The van der Waals surface area contributed by atoms with E-state index < -0.39 is 0 Å². The van der Waals surface area contributed by atoms with Gasteiger partial charge in [-0.05, 0) is 69.3 Å². The molecule has 0 spiro atoms. The van der Waals surface area contributed by atoms with Crippen molar-refractivity contribution in [3.05, 3.63) is 71.4 Å². The summed E-state index contributed by atoms with van der Waals surface area (Å²) in [6, 6.07) is 14.4. The van der Waals surface area contributed by atoms with Crippen LogP contribution in [0.25, 0.3) is 0 Å². The van der Waals surface area contributed by atoms with Crippen LogP contribution in [0.15, 0.2) is 54.7 Å². The lowest BCUT2D eigenvalue weighted by Gasteiger charge is -2.11. The Morgan fingerprint density at radius 1 is 0.778 bits per heavy atom. The molecule has 0 fully saturated rings. The van der Waals surface area contributed by atoms with Crippen molar-refractivity contribution in [1.82, 2.24) is 9.97 Å². The van der Waals surface area contributed by atoms with Crippen molar-refractivity contribution in [2.45, 2.75) is 20.8 Å². The number of carbonyl (C=O) groups is 2. The third-order valence-electron chi connectivity index (χ3n) is 4.07. The van der Waals surface area contributed by atoms with Gasteiger partial charge in [-0.15, -0.1) is 0 Å². The fourth-order valence-corrected chi connectivity index (χ4v) is 2.47. The van der Waals surface area contributed by atoms with Gasteiger partial charge in [0.1, 0.15) is 5.82 Å². The van der Waals surface area contributed by atoms with E-state index in [-0.39, 0.29) is 11.6 Å². The van der Waals surface area contributed by atoms with Gasteiger partial charge in [-0.3, -0.25) is 9.59 Å². The monoisotopic (exact) mass is 360 g/mol. The van der Waals surface area contributed by atoms with Gasteiger partial charge in [0.25, 0.3) is 0 Å². The number of aryl methyl sites for hydroxylation is 1. The third kappa shape index (κ3) is 4.55. The van der Waals surface area contributed by atoms with Crippen LogP contribution >= 0.6 is 0 Å². The molecular weight excluding hydrogens is 340 g/mol. The van der Waals surface area contributed by atoms with Crippen LogP contribution in [0.4, 0.5) is 23.1 Å². The SMILES string of the molecule is CC(=O)c1ccc(Nc2ncc(C)c(Nc3ccc(C(C)=O)cc3)n2)cc1. The van der Waals surface area contributed by atoms with E-state index in [1.165, 1.54) is 13.8 Å². The highest BCUT2D eigenvalue weighted by atomic mass is 16.1. The Kier molecular flexibility index (Phi) is 5.26. The van der Waals surface area contributed by atoms with Crippen molar-refractivity contribution < 1.29 is 9.59 Å². The largest absolute Gasteiger partial charge is 0.340 e. The average molecular weight is 360 g/mol. The first-order chi connectivity index (χ1) is 12.9. The van der Waals surface area contributed by atoms with Crippen LogP contribution in [0.5, 0.6) is 0 Å². The quantitative estimate of drug-likeness (QED) is 0.621. The minimum Gasteiger partial charge on any atom is -0.340 e. The van der Waals surface area contributed by atoms with Crippen molar-refractivity contribution in [2.24, 2.45) is 0 Å². The molecule has 3 rings (SSSR count). The summed E-state index contributed by atoms with van der Waals surface area (Å²) in [5, 5.41) is 6.37. The topological polar surface area (TPSA) is 84.0 Å². The zero-order valence-corrected chi connectivity index (χ0v) is 15.4. The number of carbonyl (C=O) groups excluding carboxylic acids is 2. The van der Waals surface area contributed by atoms with Crippen LogP contribution < -0.4 is 10.6 Å². The van der Waals surface area contributed by atoms with Crippen molar-refractivity contribution in [3.8, 4) is 0 Å². The zero-order chi connectivity index (χ0) is 19.4. The lowest BCUT2D eigenvalue weighted by molar-refractivity contribution is 0.100. The van der Waals surface area contributed by atoms with Gasteiger partial charge < -0.3 is 10.6 Å². The molecule has 1 heterocycles. The predicted octanol–water partition coefficient (Wildman–Crippen LogP) is 4.68. The molecule has 0 aliphatic rings. The van der Waals surface area contributed by atoms with Gasteiger partial charge in [0.05, 0.1) is 0 Å². The summed E-state index contributed by atoms with van der Waals surface area (Å²) in [4.78, 5) is 31.5. The van der Waals surface area contributed by atoms with E-state index in [4.69, 9.17) is 0 Å². The smallest absolute Gasteiger partial charge is 0.229 e. The van der Waals surface area contributed by atoms with Crippen LogP contribution in [0.2, 0.25) is 0 Å². The van der Waals surface area contributed by atoms with E-state index >= 15 is 0 Å². The number of hydrogen-bond acceptors (Lipinski definition) is 6. The van der Waals surface area contributed by atoms with Crippen LogP contribution in [-0.4, -0.2) is 21.5 Å². The van der Waals surface area contributed by atoms with E-state index in [9.17, 15) is 9.59 Å². The summed E-state index contributed by atoms with van der Waals surface area (Å²) in [5.74, 6) is 1.17. The number of hydrogen-bond donors (Lipinski definition) is 2. The number of nitrogens with one attached hydrogen (secondary N) is 2. The highest BCUT2D eigenvalue weighted by Crippen LogP contribution is 2.21. The highest BCUT2D eigenvalue weighted by molar-refractivity contribution is 5.94. The summed E-state index contributed by atoms with van der Waals surface area (Å²) in [5.41, 5.74) is 3.83. The molecule has 0 atom stereocenters. The first kappa shape index (κ1) is 18.3. The minimum absolute atomic E-state index is 0.0235. The molecule has 6 nitrogen and oxygen atoms in total. The van der Waals surface area contributed by atoms with E-state index in [2.05, 4.69) is 20.6 Å². The van der Waals surface area contributed by atoms with Crippen molar-refractivity contribution in [3.63, 3.8) is 0 Å². The van der Waals surface area contributed by atoms with Crippen LogP contribution in [0.3, 0.4) is 0 Å². The lowest BCUT2D eigenvalue weighted by Crippen LogP contribution is -2.03. The number of rotatable bonds is 6. The first-order valence-electron chi connectivity index (χ1n) is 8.52. The molecule has 2 aromatic carbocycles. The maximum absolute atomic E-state index is 11.4. The maximum atomic E-state index is 11.4. The Morgan fingerprint density at radius 2 is 1.26 bits per heavy atom. The Morgan fingerprint density at radius 3 is 1.74 bits per heavy atom. The second kappa shape index (κ2) is 7.78. The van der Waals surface area contributed by atoms with Gasteiger partial charge in [0.2, 0.25) is 5.95 Å². The highest BCUT2D eigenvalue weighted by Gasteiger charge is 2.07. The van der Waals surface area contributed by atoms with E-state index in [1.807, 2.05) is 31.2 Å². The molecule has 136 valence electrons. The Bertz CT molecular complexity index is 980. The summed E-state index contributed by atoms with van der Waals surface area (Å²) in [6.07, 6.45) is 1.73. The standard InChI is InChI=1S/C21H20N4O2/c1-13-12-22-21(24-19-10-6-17(7-11-19)15(3)27)25-20(13)23-18-8-4-16(5-9-18)14(2)26/h4-12H,1-3H3,(H2,22,23,24,25). The zero-order valence-electron chi connectivity index (χ0n) is 15.4. The average Bonchev–Trinajstić information content (AvgIpc) is 2.65. The second-order valence-corrected chi connectivity index (χ2v) is 6.24. The molecule has 0 bridgehead atoms. The molecule has 27 heavy (non-hydrogen) atoms. The van der Waals surface area contributed by atoms with Crippen LogP contribution in [-0.2, 0) is 0 Å². The molecule has 1 aromatic heterocycles. The summed E-state index contributed by atoms with van der Waals surface area (Å²) >= 11 is 0. The minimum atomic E-state index is 0.0235. The summed E-state index contributed by atoms with van der Waals surface area (Å²) in [6.45, 7) is 4.99. The number of benzene rings is 2. The van der Waals surface area contributed by atoms with Crippen molar-refractivity contribution in [1.29, 1.82) is 0 Å². The van der Waals surface area contributed by atoms with Gasteiger partial charge in [-0.2, -0.15) is 4.98 Å². The molecule has 0 unspecified atom stereocenters. The van der Waals surface area contributed by atoms with Gasteiger partial charge in [-0.25, -0.2) is 4.98 Å². The first-order valence-corrected chi connectivity index (χ1v) is 8.52. The molecule has 0 amide bonds. The lowest BCUT2D eigenvalue weighted by atomic mass is 10.1. The van der Waals surface area contributed by atoms with Gasteiger partial charge in [0, 0.05) is 34.3 Å². The fourth-order valence-electron chi connectivity index (χ4n) is 2.47. The fraction of sp³-hybridized carbons (Fsp3) is 0.143. The maximum Gasteiger partial charge on any atom is 0.229 e. The second-order valence-electron chi connectivity index (χ2n) is 6.24. The van der Waals surface area contributed by atoms with Crippen LogP contribution in [0, 0.1) is 6.92 Å². The van der Waals surface area contributed by atoms with Crippen molar-refractivity contribution in [2.75, 3.05) is 10.6 Å². The number of Topliss-reactive ketones (excluding diaryl/α,β-unsaturated/α-hetero) is 2. The number of anilines is 4. The predicted molar refractivity (Wildman–Crippen MR) is 106 cm³/mol. The van der Waals surface area contributed by atoms with Crippen molar-refractivity contribution >= 4 is 34.7 Å². The molecule has 0 aliphatic carbocycles. The number of ketones is 2. The summed E-state index contributed by atoms with van der Waals surface area (Å²) in [7, 11) is 0. The molecule has 0 saturated carbocycles. The molecule has 0 saturated heterocycles. The van der Waals surface area contributed by atoms with Gasteiger partial charge in [-0.1, -0.05) is 0 Å². The Balaban J connectivity index is 1.77. The van der Waals surface area contributed by atoms with Gasteiger partial charge >= 0.3 is 0 Å². The molecule has 2 N–H and O–H groups in total. The van der Waals surface area contributed by atoms with Crippen LogP contribution in [0.1, 0.15) is 40.1 Å². The molecule has 3 aromatic rings. The summed E-state index contributed by atoms with van der Waals surface area (Å²) < 4.78 is 0. The number of aromatic nitrogens is 2. The molecular formula is C21H20N4O2. The van der Waals surface area contributed by atoms with Gasteiger partial charge in [0.15, 0.2) is 11.6 Å². The molecule has 0 radical (unpaired) electrons.